The Balaban J connectivity index is 1.31. The Kier molecular flexibility index (Phi) is 7.55. The number of anilines is 1. The number of nitrogens with zero attached hydrogens (tertiary/aromatic N) is 5. The molecule has 3 heterocycles. The van der Waals surface area contributed by atoms with Crippen molar-refractivity contribution in [3.8, 4) is 11.3 Å². The minimum atomic E-state index is -0.296. The maximum atomic E-state index is 12.2. The number of rotatable bonds is 10. The van der Waals surface area contributed by atoms with Gasteiger partial charge in [0.1, 0.15) is 11.3 Å². The van der Waals surface area contributed by atoms with Crippen molar-refractivity contribution >= 4 is 23.0 Å². The number of aromatic nitrogens is 5. The molecule has 3 N–H and O–H groups in total. The minimum Gasteiger partial charge on any atom is -0.396 e. The Hall–Kier alpha value is -3.85. The van der Waals surface area contributed by atoms with Crippen LogP contribution in [0.4, 0.5) is 10.6 Å². The second-order valence-corrected chi connectivity index (χ2v) is 7.69. The summed E-state index contributed by atoms with van der Waals surface area (Å²) in [5.41, 5.74) is 3.84. The number of amides is 2. The predicted molar refractivity (Wildman–Crippen MR) is 127 cm³/mol. The van der Waals surface area contributed by atoms with Crippen LogP contribution in [0.15, 0.2) is 61.1 Å². The normalized spacial score (nSPS) is 10.9. The summed E-state index contributed by atoms with van der Waals surface area (Å²) < 4.78 is 1.76. The third kappa shape index (κ3) is 6.33. The zero-order valence-electron chi connectivity index (χ0n) is 18.3. The SMILES string of the molecule is O=C(NCCCCc1ccccc1)Nc1ccc2ncc(-c3cnn(CCCO)c3)nc2n1. The molecular weight excluding hydrogens is 418 g/mol. The van der Waals surface area contributed by atoms with Crippen LogP contribution >= 0.6 is 0 Å². The van der Waals surface area contributed by atoms with Gasteiger partial charge in [0, 0.05) is 31.5 Å². The van der Waals surface area contributed by atoms with E-state index in [9.17, 15) is 4.79 Å². The fourth-order valence-corrected chi connectivity index (χ4v) is 3.42. The van der Waals surface area contributed by atoms with Gasteiger partial charge in [0.15, 0.2) is 5.65 Å². The number of hydrogen-bond acceptors (Lipinski definition) is 6. The molecule has 33 heavy (non-hydrogen) atoms. The molecule has 0 bridgehead atoms. The van der Waals surface area contributed by atoms with Crippen molar-refractivity contribution < 1.29 is 9.90 Å². The van der Waals surface area contributed by atoms with Crippen molar-refractivity contribution in [2.45, 2.75) is 32.2 Å². The summed E-state index contributed by atoms with van der Waals surface area (Å²) in [5.74, 6) is 0.411. The number of pyridine rings is 1. The highest BCUT2D eigenvalue weighted by molar-refractivity contribution is 5.89. The zero-order chi connectivity index (χ0) is 22.9. The number of hydrogen-bond donors (Lipinski definition) is 3. The van der Waals surface area contributed by atoms with E-state index in [0.29, 0.717) is 42.2 Å². The Morgan fingerprint density at radius 1 is 1.00 bits per heavy atom. The highest BCUT2D eigenvalue weighted by Gasteiger charge is 2.09. The molecule has 4 aromatic rings. The van der Waals surface area contributed by atoms with Gasteiger partial charge < -0.3 is 10.4 Å². The lowest BCUT2D eigenvalue weighted by Gasteiger charge is -2.08. The molecule has 0 unspecified atom stereocenters. The Bertz CT molecular complexity index is 1190. The van der Waals surface area contributed by atoms with E-state index in [1.54, 1.807) is 29.2 Å². The van der Waals surface area contributed by atoms with Gasteiger partial charge in [-0.05, 0) is 43.4 Å². The van der Waals surface area contributed by atoms with E-state index in [4.69, 9.17) is 5.11 Å². The Labute approximate surface area is 191 Å². The van der Waals surface area contributed by atoms with Crippen molar-refractivity contribution in [3.63, 3.8) is 0 Å². The molecule has 9 heteroatoms. The molecule has 0 saturated heterocycles. The predicted octanol–water partition coefficient (Wildman–Crippen LogP) is 3.42. The van der Waals surface area contributed by atoms with Crippen LogP contribution in [-0.4, -0.2) is 49.0 Å². The number of carbonyl (C=O) groups is 1. The second-order valence-electron chi connectivity index (χ2n) is 7.69. The van der Waals surface area contributed by atoms with Gasteiger partial charge in [-0.2, -0.15) is 5.10 Å². The van der Waals surface area contributed by atoms with Crippen LogP contribution in [0.1, 0.15) is 24.8 Å². The van der Waals surface area contributed by atoms with Crippen molar-refractivity contribution in [1.29, 1.82) is 0 Å². The fourth-order valence-electron chi connectivity index (χ4n) is 3.42. The molecular formula is C24H27N7O2. The molecule has 0 aliphatic rings. The van der Waals surface area contributed by atoms with Crippen LogP contribution in [0, 0.1) is 0 Å². The molecule has 0 atom stereocenters. The van der Waals surface area contributed by atoms with E-state index in [1.807, 2.05) is 24.4 Å². The highest BCUT2D eigenvalue weighted by Crippen LogP contribution is 2.19. The largest absolute Gasteiger partial charge is 0.396 e. The standard InChI is InChI=1S/C24H27N7O2/c32-14-6-13-31-17-19(15-27-31)21-16-26-20-10-11-22(29-23(20)28-21)30-24(33)25-12-5-4-9-18-7-2-1-3-8-18/h1-3,7-8,10-11,15-17,32H,4-6,9,12-14H2,(H2,25,28,29,30,33). The molecule has 4 rings (SSSR count). The summed E-state index contributed by atoms with van der Waals surface area (Å²) in [6.07, 6.45) is 8.78. The smallest absolute Gasteiger partial charge is 0.320 e. The van der Waals surface area contributed by atoms with Crippen molar-refractivity contribution in [3.05, 3.63) is 66.6 Å². The van der Waals surface area contributed by atoms with Crippen molar-refractivity contribution in [1.82, 2.24) is 30.0 Å². The van der Waals surface area contributed by atoms with Crippen LogP contribution < -0.4 is 10.6 Å². The topological polar surface area (TPSA) is 118 Å². The molecule has 0 aliphatic heterocycles. The van der Waals surface area contributed by atoms with E-state index >= 15 is 0 Å². The van der Waals surface area contributed by atoms with E-state index in [0.717, 1.165) is 24.8 Å². The molecule has 0 fully saturated rings. The van der Waals surface area contributed by atoms with E-state index in [-0.39, 0.29) is 12.6 Å². The minimum absolute atomic E-state index is 0.117. The lowest BCUT2D eigenvalue weighted by molar-refractivity contribution is 0.252. The molecule has 3 aromatic heterocycles. The average molecular weight is 446 g/mol. The van der Waals surface area contributed by atoms with Crippen molar-refractivity contribution in [2.75, 3.05) is 18.5 Å². The van der Waals surface area contributed by atoms with Crippen LogP contribution in [0.3, 0.4) is 0 Å². The number of aliphatic hydroxyl groups excluding tert-OH is 1. The highest BCUT2D eigenvalue weighted by atomic mass is 16.3. The van der Waals surface area contributed by atoms with E-state index in [1.165, 1.54) is 5.56 Å². The van der Waals surface area contributed by atoms with Crippen LogP contribution in [0.2, 0.25) is 0 Å². The van der Waals surface area contributed by atoms with Gasteiger partial charge >= 0.3 is 6.03 Å². The summed E-state index contributed by atoms with van der Waals surface area (Å²) in [6.45, 7) is 1.34. The maximum absolute atomic E-state index is 12.2. The Morgan fingerprint density at radius 2 is 1.88 bits per heavy atom. The van der Waals surface area contributed by atoms with Gasteiger partial charge in [0.2, 0.25) is 0 Å². The maximum Gasteiger partial charge on any atom is 0.320 e. The average Bonchev–Trinajstić information content (AvgIpc) is 3.32. The number of fused-ring (bicyclic) bond motifs is 1. The molecule has 0 radical (unpaired) electrons. The number of aryl methyl sites for hydroxylation is 2. The molecule has 0 spiro atoms. The van der Waals surface area contributed by atoms with Gasteiger partial charge in [0.05, 0.1) is 18.1 Å². The molecule has 2 amide bonds. The van der Waals surface area contributed by atoms with Gasteiger partial charge in [0.25, 0.3) is 0 Å². The monoisotopic (exact) mass is 445 g/mol. The lowest BCUT2D eigenvalue weighted by atomic mass is 10.1. The van der Waals surface area contributed by atoms with Gasteiger partial charge in [-0.25, -0.2) is 14.8 Å². The summed E-state index contributed by atoms with van der Waals surface area (Å²) in [5, 5.41) is 18.9. The van der Waals surface area contributed by atoms with E-state index in [2.05, 4.69) is 42.8 Å². The van der Waals surface area contributed by atoms with Gasteiger partial charge in [-0.1, -0.05) is 30.3 Å². The molecule has 9 nitrogen and oxygen atoms in total. The number of aliphatic hydroxyl groups is 1. The summed E-state index contributed by atoms with van der Waals surface area (Å²) in [6, 6.07) is 13.5. The molecule has 170 valence electrons. The first kappa shape index (κ1) is 22.3. The van der Waals surface area contributed by atoms with E-state index < -0.39 is 0 Å². The summed E-state index contributed by atoms with van der Waals surface area (Å²) in [7, 11) is 0. The first-order valence-electron chi connectivity index (χ1n) is 11.1. The zero-order valence-corrected chi connectivity index (χ0v) is 18.3. The fraction of sp³-hybridized carbons (Fsp3) is 0.292. The number of benzene rings is 1. The number of nitrogens with one attached hydrogen (secondary N) is 2. The lowest BCUT2D eigenvalue weighted by Crippen LogP contribution is -2.29. The number of urea groups is 1. The van der Waals surface area contributed by atoms with Crippen LogP contribution in [0.5, 0.6) is 0 Å². The Morgan fingerprint density at radius 3 is 2.73 bits per heavy atom. The van der Waals surface area contributed by atoms with Gasteiger partial charge in [-0.3, -0.25) is 15.0 Å². The first-order valence-corrected chi connectivity index (χ1v) is 11.1. The second kappa shape index (κ2) is 11.1. The molecule has 1 aromatic carbocycles. The van der Waals surface area contributed by atoms with Crippen LogP contribution in [-0.2, 0) is 13.0 Å². The number of carbonyl (C=O) groups excluding carboxylic acids is 1. The summed E-state index contributed by atoms with van der Waals surface area (Å²) in [4.78, 5) is 25.7. The van der Waals surface area contributed by atoms with Crippen molar-refractivity contribution in [2.24, 2.45) is 0 Å². The number of unbranched alkanes of at least 4 members (excludes halogenated alkanes) is 1. The van der Waals surface area contributed by atoms with Crippen LogP contribution in [0.25, 0.3) is 22.4 Å². The quantitative estimate of drug-likeness (QED) is 0.322. The first-order chi connectivity index (χ1) is 16.2. The summed E-state index contributed by atoms with van der Waals surface area (Å²) >= 11 is 0. The third-order valence-corrected chi connectivity index (χ3v) is 5.14. The third-order valence-electron chi connectivity index (χ3n) is 5.14. The van der Waals surface area contributed by atoms with Gasteiger partial charge in [-0.15, -0.1) is 0 Å². The molecule has 0 saturated carbocycles. The molecule has 0 aliphatic carbocycles.